The summed E-state index contributed by atoms with van der Waals surface area (Å²) in [6.07, 6.45) is 0.496. The molecule has 0 bridgehead atoms. The van der Waals surface area contributed by atoms with E-state index in [0.717, 1.165) is 11.1 Å². The SMILES string of the molecule is NNC(Cc1cccc(F)c1Br)c1ccc(Cl)cc1Cl. The van der Waals surface area contributed by atoms with Gasteiger partial charge in [-0.1, -0.05) is 41.4 Å². The fraction of sp³-hybridized carbons (Fsp3) is 0.143. The van der Waals surface area contributed by atoms with Gasteiger partial charge in [-0.05, 0) is 51.7 Å². The molecular weight excluding hydrogens is 366 g/mol. The molecule has 1 unspecified atom stereocenters. The van der Waals surface area contributed by atoms with E-state index in [2.05, 4.69) is 21.4 Å². The summed E-state index contributed by atoms with van der Waals surface area (Å²) >= 11 is 15.3. The van der Waals surface area contributed by atoms with Crippen molar-refractivity contribution in [3.8, 4) is 0 Å². The maximum Gasteiger partial charge on any atom is 0.137 e. The van der Waals surface area contributed by atoms with Crippen LogP contribution in [0.5, 0.6) is 0 Å². The number of halogens is 4. The molecule has 6 heteroatoms. The highest BCUT2D eigenvalue weighted by molar-refractivity contribution is 9.10. The van der Waals surface area contributed by atoms with Crippen molar-refractivity contribution in [2.45, 2.75) is 12.5 Å². The van der Waals surface area contributed by atoms with Crippen molar-refractivity contribution >= 4 is 39.1 Å². The molecule has 2 aromatic rings. The Morgan fingerprint density at radius 2 is 2.00 bits per heavy atom. The summed E-state index contributed by atoms with van der Waals surface area (Å²) in [4.78, 5) is 0. The van der Waals surface area contributed by atoms with Gasteiger partial charge < -0.3 is 0 Å². The first-order chi connectivity index (χ1) is 9.52. The lowest BCUT2D eigenvalue weighted by molar-refractivity contribution is 0.546. The fourth-order valence-corrected chi connectivity index (χ4v) is 2.94. The van der Waals surface area contributed by atoms with Crippen LogP contribution in [-0.4, -0.2) is 0 Å². The number of hydrogen-bond acceptors (Lipinski definition) is 2. The summed E-state index contributed by atoms with van der Waals surface area (Å²) in [6.45, 7) is 0. The Morgan fingerprint density at radius 1 is 1.25 bits per heavy atom. The first-order valence-corrected chi connectivity index (χ1v) is 7.41. The number of hydrogen-bond donors (Lipinski definition) is 2. The Hall–Kier alpha value is -0.650. The molecule has 2 rings (SSSR count). The highest BCUT2D eigenvalue weighted by Gasteiger charge is 2.16. The Labute approximate surface area is 135 Å². The number of hydrazine groups is 1. The molecule has 0 saturated heterocycles. The predicted molar refractivity (Wildman–Crippen MR) is 84.3 cm³/mol. The smallest absolute Gasteiger partial charge is 0.137 e. The summed E-state index contributed by atoms with van der Waals surface area (Å²) in [5, 5.41) is 1.08. The molecule has 0 amide bonds. The molecule has 2 aromatic carbocycles. The summed E-state index contributed by atoms with van der Waals surface area (Å²) in [6, 6.07) is 9.86. The van der Waals surface area contributed by atoms with E-state index in [9.17, 15) is 4.39 Å². The van der Waals surface area contributed by atoms with E-state index >= 15 is 0 Å². The van der Waals surface area contributed by atoms with Gasteiger partial charge >= 0.3 is 0 Å². The normalized spacial score (nSPS) is 12.4. The fourth-order valence-electron chi connectivity index (χ4n) is 1.97. The van der Waals surface area contributed by atoms with E-state index in [1.165, 1.54) is 6.07 Å². The molecular formula is C14H12BrCl2FN2. The van der Waals surface area contributed by atoms with Crippen LogP contribution >= 0.6 is 39.1 Å². The van der Waals surface area contributed by atoms with Crippen LogP contribution in [0.4, 0.5) is 4.39 Å². The Balaban J connectivity index is 2.31. The minimum atomic E-state index is -0.305. The van der Waals surface area contributed by atoms with Crippen LogP contribution < -0.4 is 11.3 Å². The van der Waals surface area contributed by atoms with Gasteiger partial charge in [0.05, 0.1) is 10.5 Å². The molecule has 20 heavy (non-hydrogen) atoms. The van der Waals surface area contributed by atoms with Crippen LogP contribution in [0, 0.1) is 5.82 Å². The largest absolute Gasteiger partial charge is 0.271 e. The maximum atomic E-state index is 13.5. The Bertz CT molecular complexity index is 622. The van der Waals surface area contributed by atoms with Gasteiger partial charge in [0.15, 0.2) is 0 Å². The van der Waals surface area contributed by atoms with E-state index in [0.29, 0.717) is 20.9 Å². The van der Waals surface area contributed by atoms with Gasteiger partial charge in [-0.25, -0.2) is 4.39 Å². The molecule has 0 fully saturated rings. The number of nitrogens with one attached hydrogen (secondary N) is 1. The van der Waals surface area contributed by atoms with E-state index in [1.54, 1.807) is 18.2 Å². The van der Waals surface area contributed by atoms with E-state index in [-0.39, 0.29) is 11.9 Å². The zero-order valence-electron chi connectivity index (χ0n) is 10.3. The lowest BCUT2D eigenvalue weighted by Crippen LogP contribution is -2.30. The molecule has 0 aliphatic heterocycles. The zero-order chi connectivity index (χ0) is 14.7. The van der Waals surface area contributed by atoms with Gasteiger partial charge in [-0.2, -0.15) is 0 Å². The molecule has 0 aromatic heterocycles. The third-order valence-electron chi connectivity index (χ3n) is 2.99. The lowest BCUT2D eigenvalue weighted by atomic mass is 9.99. The molecule has 0 spiro atoms. The van der Waals surface area contributed by atoms with Gasteiger partial charge in [0, 0.05) is 10.0 Å². The molecule has 3 N–H and O–H groups in total. The van der Waals surface area contributed by atoms with Gasteiger partial charge in [0.1, 0.15) is 5.82 Å². The summed E-state index contributed by atoms with van der Waals surface area (Å²) in [7, 11) is 0. The zero-order valence-corrected chi connectivity index (χ0v) is 13.4. The van der Waals surface area contributed by atoms with Crippen molar-refractivity contribution in [1.29, 1.82) is 0 Å². The van der Waals surface area contributed by atoms with Crippen LogP contribution in [0.15, 0.2) is 40.9 Å². The second-order valence-corrected chi connectivity index (χ2v) is 5.94. The van der Waals surface area contributed by atoms with Crippen LogP contribution in [0.2, 0.25) is 10.0 Å². The topological polar surface area (TPSA) is 38.0 Å². The Morgan fingerprint density at radius 3 is 2.65 bits per heavy atom. The van der Waals surface area contributed by atoms with Crippen LogP contribution in [-0.2, 0) is 6.42 Å². The summed E-state index contributed by atoms with van der Waals surface area (Å²) in [5.41, 5.74) is 4.32. The predicted octanol–water partition coefficient (Wildman–Crippen LogP) is 4.64. The molecule has 2 nitrogen and oxygen atoms in total. The third kappa shape index (κ3) is 3.51. The number of nitrogens with two attached hydrogens (primary N) is 1. The van der Waals surface area contributed by atoms with Gasteiger partial charge in [-0.15, -0.1) is 0 Å². The monoisotopic (exact) mass is 376 g/mol. The second-order valence-electron chi connectivity index (χ2n) is 4.30. The molecule has 0 heterocycles. The quantitative estimate of drug-likeness (QED) is 0.601. The summed E-state index contributed by atoms with van der Waals surface area (Å²) < 4.78 is 14.0. The molecule has 106 valence electrons. The number of benzene rings is 2. The van der Waals surface area contributed by atoms with Gasteiger partial charge in [-0.3, -0.25) is 11.3 Å². The van der Waals surface area contributed by atoms with Crippen molar-refractivity contribution in [2.24, 2.45) is 5.84 Å². The molecule has 0 radical (unpaired) electrons. The standard InChI is InChI=1S/C14H12BrCl2FN2/c15-14-8(2-1-3-12(14)18)6-13(20-19)10-5-4-9(16)7-11(10)17/h1-5,7,13,20H,6,19H2. The van der Waals surface area contributed by atoms with Crippen LogP contribution in [0.25, 0.3) is 0 Å². The van der Waals surface area contributed by atoms with E-state index < -0.39 is 0 Å². The minimum Gasteiger partial charge on any atom is -0.271 e. The molecule has 0 saturated carbocycles. The van der Waals surface area contributed by atoms with E-state index in [1.807, 2.05) is 12.1 Å². The first kappa shape index (κ1) is 15.7. The molecule has 1 atom stereocenters. The van der Waals surface area contributed by atoms with Gasteiger partial charge in [0.2, 0.25) is 0 Å². The second kappa shape index (κ2) is 6.87. The third-order valence-corrected chi connectivity index (χ3v) is 4.45. The highest BCUT2D eigenvalue weighted by Crippen LogP contribution is 2.30. The van der Waals surface area contributed by atoms with E-state index in [4.69, 9.17) is 29.0 Å². The molecule has 0 aliphatic rings. The van der Waals surface area contributed by atoms with Crippen molar-refractivity contribution in [1.82, 2.24) is 5.43 Å². The number of rotatable bonds is 4. The van der Waals surface area contributed by atoms with Gasteiger partial charge in [0.25, 0.3) is 0 Å². The first-order valence-electron chi connectivity index (χ1n) is 5.87. The molecule has 0 aliphatic carbocycles. The van der Waals surface area contributed by atoms with Crippen molar-refractivity contribution in [3.05, 3.63) is 67.9 Å². The Kier molecular flexibility index (Phi) is 5.41. The maximum absolute atomic E-state index is 13.5. The summed E-state index contributed by atoms with van der Waals surface area (Å²) in [5.74, 6) is 5.29. The average Bonchev–Trinajstić information content (AvgIpc) is 2.41. The van der Waals surface area contributed by atoms with Crippen molar-refractivity contribution < 1.29 is 4.39 Å². The van der Waals surface area contributed by atoms with Crippen molar-refractivity contribution in [3.63, 3.8) is 0 Å². The highest BCUT2D eigenvalue weighted by atomic mass is 79.9. The van der Waals surface area contributed by atoms with Crippen molar-refractivity contribution in [2.75, 3.05) is 0 Å². The van der Waals surface area contributed by atoms with Crippen LogP contribution in [0.3, 0.4) is 0 Å². The average molecular weight is 378 g/mol. The lowest BCUT2D eigenvalue weighted by Gasteiger charge is -2.19. The minimum absolute atomic E-state index is 0.238. The van der Waals surface area contributed by atoms with Crippen LogP contribution in [0.1, 0.15) is 17.2 Å².